The van der Waals surface area contributed by atoms with E-state index in [0.29, 0.717) is 79.0 Å². The third-order valence-electron chi connectivity index (χ3n) is 9.64. The van der Waals surface area contributed by atoms with Gasteiger partial charge in [-0.15, -0.1) is 0 Å². The van der Waals surface area contributed by atoms with Crippen molar-refractivity contribution in [3.8, 4) is 0 Å². The van der Waals surface area contributed by atoms with Gasteiger partial charge in [0, 0.05) is 22.7 Å². The number of para-hydroxylation sites is 2. The molecule has 0 aromatic heterocycles. The number of nitrogens with one attached hydrogen (secondary N) is 2. The van der Waals surface area contributed by atoms with E-state index in [1.54, 1.807) is 24.3 Å². The minimum absolute atomic E-state index is 0. The Morgan fingerprint density at radius 1 is 0.467 bits per heavy atom. The Morgan fingerprint density at radius 3 is 1.22 bits per heavy atom. The Balaban J connectivity index is 0.00000272. The molecule has 2 aliphatic heterocycles. The van der Waals surface area contributed by atoms with E-state index in [2.05, 4.69) is 10.6 Å². The van der Waals surface area contributed by atoms with Crippen LogP contribution < -0.4 is 102 Å². The van der Waals surface area contributed by atoms with E-state index in [1.165, 1.54) is 36.4 Å². The summed E-state index contributed by atoms with van der Waals surface area (Å²) in [6.07, 6.45) is 0. The predicted molar refractivity (Wildman–Crippen MR) is 222 cm³/mol. The first-order chi connectivity index (χ1) is 27.8. The topological polar surface area (TPSA) is 222 Å². The van der Waals surface area contributed by atoms with Crippen molar-refractivity contribution in [2.75, 3.05) is 31.9 Å². The van der Waals surface area contributed by atoms with E-state index in [-0.39, 0.29) is 68.9 Å². The van der Waals surface area contributed by atoms with Crippen molar-refractivity contribution in [2.24, 2.45) is 9.98 Å². The van der Waals surface area contributed by atoms with Crippen molar-refractivity contribution in [1.29, 1.82) is 0 Å². The second-order valence-corrected chi connectivity index (χ2v) is 16.2. The summed E-state index contributed by atoms with van der Waals surface area (Å²) in [5.74, 6) is 0. The average Bonchev–Trinajstić information content (AvgIpc) is 3.19. The minimum atomic E-state index is -4.69. The quantitative estimate of drug-likeness (QED) is 0.0974. The molecular weight excluding hydrogens is 823 g/mol. The van der Waals surface area contributed by atoms with Crippen molar-refractivity contribution in [1.82, 2.24) is 0 Å². The van der Waals surface area contributed by atoms with Crippen LogP contribution in [0.1, 0.15) is 0 Å². The molecule has 0 unspecified atom stereocenters. The molecule has 2 heterocycles. The molecule has 2 aliphatic rings. The molecule has 60 heavy (non-hydrogen) atoms. The van der Waals surface area contributed by atoms with Gasteiger partial charge >= 0.3 is 59.1 Å². The third kappa shape index (κ3) is 8.27. The van der Waals surface area contributed by atoms with Gasteiger partial charge in [0.05, 0.1) is 77.4 Å². The molecule has 0 aliphatic carbocycles. The van der Waals surface area contributed by atoms with Gasteiger partial charge in [0.25, 0.3) is 0 Å². The Labute approximate surface area is 389 Å². The second-order valence-electron chi connectivity index (χ2n) is 13.5. The van der Waals surface area contributed by atoms with Gasteiger partial charge in [-0.1, -0.05) is 48.5 Å². The first-order valence-electron chi connectivity index (χ1n) is 17.6. The first-order valence-corrected chi connectivity index (χ1v) is 20.5. The first kappa shape index (κ1) is 42.9. The van der Waals surface area contributed by atoms with Crippen LogP contribution in [-0.2, 0) is 20.2 Å². The maximum absolute atomic E-state index is 11.7. The minimum Gasteiger partial charge on any atom is -0.744 e. The van der Waals surface area contributed by atoms with Crippen LogP contribution in [0.5, 0.6) is 0 Å². The maximum Gasteiger partial charge on any atom is 1.00 e. The smallest absolute Gasteiger partial charge is 0.744 e. The molecule has 7 aromatic carbocycles. The normalized spacial score (nSPS) is 12.5. The van der Waals surface area contributed by atoms with Gasteiger partial charge in [0.1, 0.15) is 20.2 Å². The van der Waals surface area contributed by atoms with Gasteiger partial charge in [-0.2, -0.15) is 0 Å². The summed E-state index contributed by atoms with van der Waals surface area (Å²) >= 11 is 0. The fourth-order valence-electron chi connectivity index (χ4n) is 7.03. The second kappa shape index (κ2) is 16.7. The van der Waals surface area contributed by atoms with Crippen LogP contribution in [-0.4, -0.2) is 25.9 Å². The standard InChI is InChI=1S/C42H32N8O6S2.2Na/c43-31-19-35-39(21-33(31)45-25-9-7-15-29(17-25)57(51,52)53)49(27-11-3-1-4-12-27)41-23-38-42(24-37(41)47-35)50(28-13-5-2-6-14-28)40-22-34(32(44)20-36(40)48-38)46-26-10-8-16-30(18-26)58(54,55)56;;/h1-24,45-46H,43-44H2,(H,51,52,53)(H,54,55,56);;/q;2*+1/p-2. The van der Waals surface area contributed by atoms with E-state index in [1.807, 2.05) is 94.7 Å². The summed E-state index contributed by atoms with van der Waals surface area (Å²) in [5, 5.41) is 7.58. The van der Waals surface area contributed by atoms with Crippen LogP contribution in [0.2, 0.25) is 0 Å². The van der Waals surface area contributed by atoms with E-state index in [0.717, 1.165) is 11.4 Å². The Hall–Kier alpha value is -5.24. The molecule has 0 atom stereocenters. The zero-order chi connectivity index (χ0) is 40.3. The monoisotopic (exact) mass is 852 g/mol. The Bertz CT molecular complexity index is 2970. The van der Waals surface area contributed by atoms with Crippen LogP contribution in [0.15, 0.2) is 165 Å². The van der Waals surface area contributed by atoms with E-state index >= 15 is 0 Å². The van der Waals surface area contributed by atoms with Crippen molar-refractivity contribution in [2.45, 2.75) is 9.79 Å². The molecule has 0 spiro atoms. The van der Waals surface area contributed by atoms with Crippen LogP contribution in [0.4, 0.5) is 79.6 Å². The molecule has 9 rings (SSSR count). The predicted octanol–water partition coefficient (Wildman–Crippen LogP) is 1.62. The van der Waals surface area contributed by atoms with Crippen molar-refractivity contribution in [3.05, 3.63) is 156 Å². The SMILES string of the molecule is Nc1cc2c(cc1Nc1cccc(S(=O)(=O)[O-])c1)N(c1ccccc1)c1cc3c(cc1=N2)N(c1ccccc1)c1cc(Nc2cccc(S(=O)(=O)[O-])c2)c(N)cc1N=3.[Na+].[Na+]. The van der Waals surface area contributed by atoms with Crippen molar-refractivity contribution in [3.63, 3.8) is 0 Å². The largest absolute Gasteiger partial charge is 1.00 e. The van der Waals surface area contributed by atoms with Gasteiger partial charge in [0.15, 0.2) is 0 Å². The van der Waals surface area contributed by atoms with E-state index in [9.17, 15) is 25.9 Å². The van der Waals surface area contributed by atoms with E-state index in [4.69, 9.17) is 21.5 Å². The van der Waals surface area contributed by atoms with Crippen molar-refractivity contribution < 1.29 is 85.1 Å². The van der Waals surface area contributed by atoms with Gasteiger partial charge < -0.3 is 41.0 Å². The summed E-state index contributed by atoms with van der Waals surface area (Å²) < 4.78 is 70.5. The third-order valence-corrected chi connectivity index (χ3v) is 11.3. The zero-order valence-electron chi connectivity index (χ0n) is 32.1. The number of fused-ring (bicyclic) bond motifs is 4. The molecule has 0 saturated heterocycles. The molecular formula is C42H30N8Na2O6S2. The Morgan fingerprint density at radius 2 is 0.850 bits per heavy atom. The van der Waals surface area contributed by atoms with Crippen LogP contribution in [0.25, 0.3) is 0 Å². The number of nitrogens with two attached hydrogens (primary N) is 2. The molecule has 0 fully saturated rings. The number of nitrogen functional groups attached to an aromatic ring is 2. The Kier molecular flexibility index (Phi) is 11.9. The summed E-state index contributed by atoms with van der Waals surface area (Å²) in [4.78, 5) is 13.5. The van der Waals surface area contributed by atoms with Crippen LogP contribution in [0, 0.1) is 0 Å². The summed E-state index contributed by atoms with van der Waals surface area (Å²) in [6.45, 7) is 0. The fraction of sp³-hybridized carbons (Fsp3) is 0. The average molecular weight is 853 g/mol. The van der Waals surface area contributed by atoms with Gasteiger partial charge in [-0.25, -0.2) is 26.8 Å². The molecule has 18 heteroatoms. The molecule has 0 radical (unpaired) electrons. The van der Waals surface area contributed by atoms with Crippen molar-refractivity contribution >= 4 is 99.9 Å². The number of hydrogen-bond donors (Lipinski definition) is 4. The van der Waals surface area contributed by atoms with E-state index < -0.39 is 20.2 Å². The number of anilines is 12. The summed E-state index contributed by atoms with van der Waals surface area (Å²) in [5.41, 5.74) is 21.0. The molecule has 14 nitrogen and oxygen atoms in total. The van der Waals surface area contributed by atoms with Gasteiger partial charge in [0.2, 0.25) is 0 Å². The summed E-state index contributed by atoms with van der Waals surface area (Å²) in [7, 11) is -9.37. The molecule has 0 saturated carbocycles. The molecule has 288 valence electrons. The molecule has 0 amide bonds. The maximum atomic E-state index is 11.7. The van der Waals surface area contributed by atoms with Gasteiger partial charge in [-0.05, 0) is 97.1 Å². The number of nitrogens with zero attached hydrogens (tertiary/aromatic N) is 4. The van der Waals surface area contributed by atoms with Gasteiger partial charge in [-0.3, -0.25) is 0 Å². The summed E-state index contributed by atoms with van der Waals surface area (Å²) in [6, 6.07) is 41.6. The van der Waals surface area contributed by atoms with Crippen LogP contribution in [0.3, 0.4) is 0 Å². The number of rotatable bonds is 8. The fourth-order valence-corrected chi connectivity index (χ4v) is 8.06. The zero-order valence-corrected chi connectivity index (χ0v) is 37.7. The molecule has 0 bridgehead atoms. The molecule has 7 aromatic rings. The number of benzene rings is 7. The number of hydrogen-bond acceptors (Lipinski definition) is 14. The molecule has 6 N–H and O–H groups in total. The van der Waals surface area contributed by atoms with Crippen LogP contribution >= 0.6 is 0 Å².